The van der Waals surface area contributed by atoms with E-state index >= 15 is 0 Å². The molecular formula is C10H6BrFN2O. The third kappa shape index (κ3) is 1.83. The lowest BCUT2D eigenvalue weighted by Crippen LogP contribution is -2.01. The maximum atomic E-state index is 13.3. The van der Waals surface area contributed by atoms with Crippen molar-refractivity contribution in [1.82, 2.24) is 9.78 Å². The Balaban J connectivity index is 2.62. The van der Waals surface area contributed by atoms with E-state index in [4.69, 9.17) is 0 Å². The molecule has 0 atom stereocenters. The number of carbonyl (C=O) groups excluding carboxylic acids is 1. The molecule has 1 heterocycles. The van der Waals surface area contributed by atoms with E-state index in [1.165, 1.54) is 16.8 Å². The second kappa shape index (κ2) is 3.94. The van der Waals surface area contributed by atoms with Crippen molar-refractivity contribution in [3.8, 4) is 5.69 Å². The first-order chi connectivity index (χ1) is 7.22. The summed E-state index contributed by atoms with van der Waals surface area (Å²) in [6.45, 7) is 0. The van der Waals surface area contributed by atoms with Gasteiger partial charge in [-0.15, -0.1) is 0 Å². The Bertz CT molecular complexity index is 510. The molecule has 5 heteroatoms. The summed E-state index contributed by atoms with van der Waals surface area (Å²) in [4.78, 5) is 10.7. The Hall–Kier alpha value is -1.49. The van der Waals surface area contributed by atoms with Gasteiger partial charge >= 0.3 is 0 Å². The summed E-state index contributed by atoms with van der Waals surface area (Å²) in [6, 6.07) is 4.41. The molecule has 0 saturated carbocycles. The van der Waals surface area contributed by atoms with E-state index < -0.39 is 5.82 Å². The summed E-state index contributed by atoms with van der Waals surface area (Å²) in [5.74, 6) is -0.547. The van der Waals surface area contributed by atoms with Gasteiger partial charge in [-0.3, -0.25) is 4.79 Å². The molecule has 0 aliphatic heterocycles. The van der Waals surface area contributed by atoms with Crippen LogP contribution < -0.4 is 0 Å². The molecule has 76 valence electrons. The van der Waals surface area contributed by atoms with Gasteiger partial charge in [-0.05, 0) is 28.1 Å². The van der Waals surface area contributed by atoms with Crippen LogP contribution in [0.1, 0.15) is 10.4 Å². The van der Waals surface area contributed by atoms with Crippen molar-refractivity contribution in [3.63, 3.8) is 0 Å². The quantitative estimate of drug-likeness (QED) is 0.785. The lowest BCUT2D eigenvalue weighted by atomic mass is 10.2. The van der Waals surface area contributed by atoms with Gasteiger partial charge < -0.3 is 0 Å². The van der Waals surface area contributed by atoms with Gasteiger partial charge in [-0.2, -0.15) is 5.10 Å². The number of hydrogen-bond donors (Lipinski definition) is 0. The van der Waals surface area contributed by atoms with Gasteiger partial charge in [0.25, 0.3) is 0 Å². The minimum absolute atomic E-state index is 0.00750. The Kier molecular flexibility index (Phi) is 2.64. The minimum atomic E-state index is -0.547. The molecule has 0 spiro atoms. The Morgan fingerprint density at radius 3 is 2.87 bits per heavy atom. The molecule has 3 nitrogen and oxygen atoms in total. The van der Waals surface area contributed by atoms with Crippen molar-refractivity contribution in [2.45, 2.75) is 0 Å². The van der Waals surface area contributed by atoms with Crippen molar-refractivity contribution in [2.24, 2.45) is 0 Å². The monoisotopic (exact) mass is 268 g/mol. The average molecular weight is 269 g/mol. The Labute approximate surface area is 93.7 Å². The zero-order chi connectivity index (χ0) is 10.8. The highest BCUT2D eigenvalue weighted by Crippen LogP contribution is 2.17. The number of aromatic nitrogens is 2. The molecule has 1 aromatic heterocycles. The molecule has 1 aromatic carbocycles. The SMILES string of the molecule is O=Cc1c(F)cccc1-n1cc(Br)cn1. The molecular weight excluding hydrogens is 263 g/mol. The van der Waals surface area contributed by atoms with E-state index in [1.807, 2.05) is 0 Å². The predicted octanol–water partition coefficient (Wildman–Crippen LogP) is 2.59. The Morgan fingerprint density at radius 2 is 2.27 bits per heavy atom. The highest BCUT2D eigenvalue weighted by atomic mass is 79.9. The van der Waals surface area contributed by atoms with Crippen LogP contribution in [-0.4, -0.2) is 16.1 Å². The lowest BCUT2D eigenvalue weighted by Gasteiger charge is -2.04. The van der Waals surface area contributed by atoms with Crippen molar-refractivity contribution >= 4 is 22.2 Å². The van der Waals surface area contributed by atoms with Crippen LogP contribution in [0.3, 0.4) is 0 Å². The van der Waals surface area contributed by atoms with Crippen molar-refractivity contribution in [3.05, 3.63) is 46.4 Å². The molecule has 0 amide bonds. The number of hydrogen-bond acceptors (Lipinski definition) is 2. The second-order valence-corrected chi connectivity index (χ2v) is 3.81. The van der Waals surface area contributed by atoms with Gasteiger partial charge in [0, 0.05) is 6.20 Å². The topological polar surface area (TPSA) is 34.9 Å². The van der Waals surface area contributed by atoms with E-state index in [0.29, 0.717) is 12.0 Å². The molecule has 0 bridgehead atoms. The first kappa shape index (κ1) is 10.0. The maximum absolute atomic E-state index is 13.3. The number of halogens is 2. The minimum Gasteiger partial charge on any atom is -0.298 e. The van der Waals surface area contributed by atoms with Crippen LogP contribution in [0.25, 0.3) is 5.69 Å². The van der Waals surface area contributed by atoms with Crippen LogP contribution in [0.2, 0.25) is 0 Å². The molecule has 0 aliphatic rings. The van der Waals surface area contributed by atoms with E-state index in [-0.39, 0.29) is 5.56 Å². The van der Waals surface area contributed by atoms with Crippen molar-refractivity contribution in [2.75, 3.05) is 0 Å². The summed E-state index contributed by atoms with van der Waals surface area (Å²) in [5.41, 5.74) is 0.434. The number of aldehydes is 1. The second-order valence-electron chi connectivity index (χ2n) is 2.89. The fourth-order valence-electron chi connectivity index (χ4n) is 1.27. The maximum Gasteiger partial charge on any atom is 0.155 e. The number of nitrogens with zero attached hydrogens (tertiary/aromatic N) is 2. The van der Waals surface area contributed by atoms with E-state index in [2.05, 4.69) is 21.0 Å². The largest absolute Gasteiger partial charge is 0.298 e. The van der Waals surface area contributed by atoms with Crippen LogP contribution in [0.4, 0.5) is 4.39 Å². The molecule has 0 N–H and O–H groups in total. The standard InChI is InChI=1S/C10H6BrFN2O/c11-7-4-13-14(5-7)10-3-1-2-9(12)8(10)6-15/h1-6H. The van der Waals surface area contributed by atoms with E-state index in [1.54, 1.807) is 18.5 Å². The van der Waals surface area contributed by atoms with Crippen molar-refractivity contribution in [1.29, 1.82) is 0 Å². The molecule has 2 aromatic rings. The summed E-state index contributed by atoms with van der Waals surface area (Å²) >= 11 is 3.23. The van der Waals surface area contributed by atoms with E-state index in [9.17, 15) is 9.18 Å². The van der Waals surface area contributed by atoms with Crippen LogP contribution in [0.5, 0.6) is 0 Å². The van der Waals surface area contributed by atoms with E-state index in [0.717, 1.165) is 4.47 Å². The highest BCUT2D eigenvalue weighted by molar-refractivity contribution is 9.10. The Morgan fingerprint density at radius 1 is 1.47 bits per heavy atom. The first-order valence-electron chi connectivity index (χ1n) is 4.16. The van der Waals surface area contributed by atoms with Gasteiger partial charge in [0.2, 0.25) is 0 Å². The van der Waals surface area contributed by atoms with Gasteiger partial charge in [-0.1, -0.05) is 6.07 Å². The normalized spacial score (nSPS) is 10.3. The molecule has 0 radical (unpaired) electrons. The molecule has 2 rings (SSSR count). The molecule has 0 fully saturated rings. The van der Waals surface area contributed by atoms with Crippen LogP contribution in [0.15, 0.2) is 35.1 Å². The van der Waals surface area contributed by atoms with Gasteiger partial charge in [-0.25, -0.2) is 9.07 Å². The van der Waals surface area contributed by atoms with Crippen LogP contribution in [0, 0.1) is 5.82 Å². The number of carbonyl (C=O) groups is 1. The highest BCUT2D eigenvalue weighted by Gasteiger charge is 2.09. The molecule has 0 unspecified atom stereocenters. The predicted molar refractivity (Wildman–Crippen MR) is 56.6 cm³/mol. The van der Waals surface area contributed by atoms with Crippen LogP contribution >= 0.6 is 15.9 Å². The first-order valence-corrected chi connectivity index (χ1v) is 4.96. The van der Waals surface area contributed by atoms with Crippen LogP contribution in [-0.2, 0) is 0 Å². The summed E-state index contributed by atoms with van der Waals surface area (Å²) in [6.07, 6.45) is 3.71. The number of rotatable bonds is 2. The third-order valence-electron chi connectivity index (χ3n) is 1.95. The molecule has 15 heavy (non-hydrogen) atoms. The molecule has 0 aliphatic carbocycles. The zero-order valence-corrected chi connectivity index (χ0v) is 9.11. The zero-order valence-electron chi connectivity index (χ0n) is 7.52. The number of benzene rings is 1. The fraction of sp³-hybridized carbons (Fsp3) is 0. The van der Waals surface area contributed by atoms with Gasteiger partial charge in [0.05, 0.1) is 21.9 Å². The summed E-state index contributed by atoms with van der Waals surface area (Å²) in [5, 5.41) is 3.98. The summed E-state index contributed by atoms with van der Waals surface area (Å²) in [7, 11) is 0. The van der Waals surface area contributed by atoms with Gasteiger partial charge in [0.1, 0.15) is 5.82 Å². The van der Waals surface area contributed by atoms with Crippen molar-refractivity contribution < 1.29 is 9.18 Å². The smallest absolute Gasteiger partial charge is 0.155 e. The molecule has 0 saturated heterocycles. The average Bonchev–Trinajstić information content (AvgIpc) is 2.64. The fourth-order valence-corrected chi connectivity index (χ4v) is 1.56. The third-order valence-corrected chi connectivity index (χ3v) is 2.36. The van der Waals surface area contributed by atoms with Gasteiger partial charge in [0.15, 0.2) is 6.29 Å². The lowest BCUT2D eigenvalue weighted by molar-refractivity contribution is 0.111. The summed E-state index contributed by atoms with van der Waals surface area (Å²) < 4.78 is 15.5.